The molecule has 3 aromatic carbocycles. The summed E-state index contributed by atoms with van der Waals surface area (Å²) < 4.78 is 7.59. The van der Waals surface area contributed by atoms with E-state index >= 15 is 0 Å². The molecule has 178 valence electrons. The van der Waals surface area contributed by atoms with Gasteiger partial charge < -0.3 is 9.84 Å². The fourth-order valence-corrected chi connectivity index (χ4v) is 3.79. The Bertz CT molecular complexity index is 1330. The molecule has 0 aliphatic carbocycles. The van der Waals surface area contributed by atoms with Crippen LogP contribution in [0.25, 0.3) is 11.3 Å². The van der Waals surface area contributed by atoms with E-state index in [1.807, 2.05) is 54.6 Å². The first-order chi connectivity index (χ1) is 17.0. The molecule has 4 aromatic rings. The molecule has 1 N–H and O–H groups in total. The second kappa shape index (κ2) is 11.3. The zero-order valence-electron chi connectivity index (χ0n) is 19.7. The fourth-order valence-electron chi connectivity index (χ4n) is 3.79. The van der Waals surface area contributed by atoms with Crippen molar-refractivity contribution in [3.8, 4) is 17.0 Å². The summed E-state index contributed by atoms with van der Waals surface area (Å²) in [6.45, 7) is 2.91. The van der Waals surface area contributed by atoms with Crippen molar-refractivity contribution in [1.82, 2.24) is 9.55 Å². The average Bonchev–Trinajstić information content (AvgIpc) is 2.89. The first-order valence-electron chi connectivity index (χ1n) is 11.7. The lowest BCUT2D eigenvalue weighted by molar-refractivity contribution is 0.0697. The summed E-state index contributed by atoms with van der Waals surface area (Å²) in [5.74, 6) is 0.547. The molecule has 0 fully saturated rings. The molecule has 1 heterocycles. The third-order valence-electron chi connectivity index (χ3n) is 5.78. The van der Waals surface area contributed by atoms with Crippen LogP contribution in [0.1, 0.15) is 47.1 Å². The summed E-state index contributed by atoms with van der Waals surface area (Å²) in [6.07, 6.45) is 2.73. The van der Waals surface area contributed by atoms with Gasteiger partial charge in [0.15, 0.2) is 0 Å². The van der Waals surface area contributed by atoms with Crippen LogP contribution in [-0.2, 0) is 19.6 Å². The van der Waals surface area contributed by atoms with Crippen molar-refractivity contribution in [2.45, 2.75) is 39.3 Å². The minimum atomic E-state index is -0.949. The first-order valence-corrected chi connectivity index (χ1v) is 11.7. The van der Waals surface area contributed by atoms with Crippen LogP contribution in [0.5, 0.6) is 5.75 Å². The Balaban J connectivity index is 1.48. The summed E-state index contributed by atoms with van der Waals surface area (Å²) >= 11 is 0. The van der Waals surface area contributed by atoms with E-state index in [4.69, 9.17) is 14.8 Å². The van der Waals surface area contributed by atoms with Crippen LogP contribution in [0.2, 0.25) is 0 Å². The molecule has 0 unspecified atom stereocenters. The Kier molecular flexibility index (Phi) is 7.73. The van der Waals surface area contributed by atoms with Crippen molar-refractivity contribution >= 4 is 5.97 Å². The minimum absolute atomic E-state index is 0.0601. The molecule has 0 spiro atoms. The predicted octanol–water partition coefficient (Wildman–Crippen LogP) is 5.58. The Labute approximate surface area is 204 Å². The largest absolute Gasteiger partial charge is 0.489 e. The normalized spacial score (nSPS) is 10.8. The lowest BCUT2D eigenvalue weighted by atomic mass is 10.1. The van der Waals surface area contributed by atoms with Crippen LogP contribution in [-0.4, -0.2) is 20.6 Å². The van der Waals surface area contributed by atoms with Gasteiger partial charge in [0, 0.05) is 18.1 Å². The van der Waals surface area contributed by atoms with E-state index in [1.54, 1.807) is 34.9 Å². The molecule has 0 bridgehead atoms. The molecule has 35 heavy (non-hydrogen) atoms. The number of aromatic nitrogens is 2. The first kappa shape index (κ1) is 24.0. The smallest absolute Gasteiger partial charge is 0.335 e. The van der Waals surface area contributed by atoms with E-state index in [0.717, 1.165) is 41.8 Å². The molecule has 0 amide bonds. The van der Waals surface area contributed by atoms with Crippen LogP contribution in [0.3, 0.4) is 0 Å². The van der Waals surface area contributed by atoms with Crippen LogP contribution in [0.4, 0.5) is 0 Å². The topological polar surface area (TPSA) is 81.4 Å². The van der Waals surface area contributed by atoms with Crippen molar-refractivity contribution in [2.24, 2.45) is 0 Å². The highest BCUT2D eigenvalue weighted by Crippen LogP contribution is 2.18. The van der Waals surface area contributed by atoms with Gasteiger partial charge in [0.25, 0.3) is 5.56 Å². The van der Waals surface area contributed by atoms with Crippen LogP contribution >= 0.6 is 0 Å². The van der Waals surface area contributed by atoms with Crippen LogP contribution in [0.15, 0.2) is 89.7 Å². The molecule has 0 radical (unpaired) electrons. The maximum absolute atomic E-state index is 13.1. The highest BCUT2D eigenvalue weighted by Gasteiger charge is 2.11. The number of rotatable bonds is 10. The molecule has 1 aromatic heterocycles. The molecular formula is C29H28N2O4. The Morgan fingerprint density at radius 3 is 2.29 bits per heavy atom. The number of ether oxygens (including phenoxy) is 1. The summed E-state index contributed by atoms with van der Waals surface area (Å²) in [4.78, 5) is 28.9. The Morgan fingerprint density at radius 2 is 1.63 bits per heavy atom. The van der Waals surface area contributed by atoms with E-state index in [0.29, 0.717) is 24.6 Å². The molecule has 0 aliphatic heterocycles. The molecular weight excluding hydrogens is 440 g/mol. The molecule has 6 nitrogen and oxygen atoms in total. The molecule has 4 rings (SSSR count). The lowest BCUT2D eigenvalue weighted by Crippen LogP contribution is -2.25. The predicted molar refractivity (Wildman–Crippen MR) is 136 cm³/mol. The third-order valence-corrected chi connectivity index (χ3v) is 5.78. The van der Waals surface area contributed by atoms with Crippen molar-refractivity contribution in [1.29, 1.82) is 0 Å². The number of hydrogen-bond acceptors (Lipinski definition) is 4. The molecule has 0 saturated heterocycles. The van der Waals surface area contributed by atoms with Crippen LogP contribution in [0, 0.1) is 0 Å². The van der Waals surface area contributed by atoms with E-state index in [2.05, 4.69) is 6.92 Å². The van der Waals surface area contributed by atoms with E-state index < -0.39 is 5.97 Å². The number of aromatic carboxylic acids is 1. The number of benzene rings is 3. The zero-order valence-corrected chi connectivity index (χ0v) is 19.7. The maximum Gasteiger partial charge on any atom is 0.335 e. The number of hydrogen-bond donors (Lipinski definition) is 1. The second-order valence-electron chi connectivity index (χ2n) is 8.39. The van der Waals surface area contributed by atoms with Crippen LogP contribution < -0.4 is 10.3 Å². The van der Waals surface area contributed by atoms with Crippen molar-refractivity contribution < 1.29 is 14.6 Å². The number of carboxylic acid groups (broad SMARTS) is 1. The third kappa shape index (κ3) is 6.23. The summed E-state index contributed by atoms with van der Waals surface area (Å²) in [6, 6.07) is 25.7. The molecule has 0 saturated carbocycles. The molecule has 0 aliphatic rings. The second-order valence-corrected chi connectivity index (χ2v) is 8.39. The summed E-state index contributed by atoms with van der Waals surface area (Å²) in [5.41, 5.74) is 3.70. The van der Waals surface area contributed by atoms with E-state index in [1.165, 1.54) is 0 Å². The van der Waals surface area contributed by atoms with Gasteiger partial charge >= 0.3 is 5.97 Å². The van der Waals surface area contributed by atoms with Gasteiger partial charge in [0.2, 0.25) is 0 Å². The van der Waals surface area contributed by atoms with Gasteiger partial charge in [-0.1, -0.05) is 67.9 Å². The Hall–Kier alpha value is -4.19. The van der Waals surface area contributed by atoms with E-state index in [-0.39, 0.29) is 11.1 Å². The summed E-state index contributed by atoms with van der Waals surface area (Å²) in [7, 11) is 0. The van der Waals surface area contributed by atoms with Crippen molar-refractivity contribution in [2.75, 3.05) is 0 Å². The lowest BCUT2D eigenvalue weighted by Gasteiger charge is -2.14. The van der Waals surface area contributed by atoms with Crippen molar-refractivity contribution in [3.63, 3.8) is 0 Å². The Morgan fingerprint density at radius 1 is 0.943 bits per heavy atom. The molecule has 0 atom stereocenters. The number of aryl methyl sites for hydroxylation is 1. The highest BCUT2D eigenvalue weighted by molar-refractivity contribution is 5.87. The quantitative estimate of drug-likeness (QED) is 0.329. The highest BCUT2D eigenvalue weighted by atomic mass is 16.5. The van der Waals surface area contributed by atoms with Gasteiger partial charge in [-0.2, -0.15) is 0 Å². The van der Waals surface area contributed by atoms with Gasteiger partial charge in [0.1, 0.15) is 18.2 Å². The molecule has 6 heteroatoms. The monoisotopic (exact) mass is 468 g/mol. The van der Waals surface area contributed by atoms with Crippen molar-refractivity contribution in [3.05, 3.63) is 118 Å². The maximum atomic E-state index is 13.1. The van der Waals surface area contributed by atoms with Gasteiger partial charge in [-0.15, -0.1) is 0 Å². The number of unbranched alkanes of at least 4 members (excludes halogenated alkanes) is 1. The SMILES string of the molecule is CCCCc1nc(-c2ccccc2)cc(=O)n1Cc1ccc(OCc2ccc(C(=O)O)cc2)cc1. The number of nitrogens with zero attached hydrogens (tertiary/aromatic N) is 2. The number of carboxylic acids is 1. The summed E-state index contributed by atoms with van der Waals surface area (Å²) in [5, 5.41) is 9.00. The van der Waals surface area contributed by atoms with Gasteiger partial charge in [0.05, 0.1) is 17.8 Å². The van der Waals surface area contributed by atoms with Gasteiger partial charge in [-0.3, -0.25) is 9.36 Å². The van der Waals surface area contributed by atoms with Gasteiger partial charge in [-0.25, -0.2) is 9.78 Å². The zero-order chi connectivity index (χ0) is 24.6. The minimum Gasteiger partial charge on any atom is -0.489 e. The fraction of sp³-hybridized carbons (Fsp3) is 0.207. The van der Waals surface area contributed by atoms with E-state index in [9.17, 15) is 9.59 Å². The van der Waals surface area contributed by atoms with Gasteiger partial charge in [-0.05, 0) is 41.8 Å². The standard InChI is InChI=1S/C29H28N2O4/c1-2-3-9-27-30-26(23-7-5-4-6-8-23)18-28(32)31(27)19-21-12-16-25(17-13-21)35-20-22-10-14-24(15-11-22)29(33)34/h4-8,10-18H,2-3,9,19-20H2,1H3,(H,33,34). The average molecular weight is 469 g/mol. The number of carbonyl (C=O) groups is 1.